The molecular weight excluding hydrogens is 183 g/mol. The number of hydrogen-bond acceptors (Lipinski definition) is 2. The van der Waals surface area contributed by atoms with Gasteiger partial charge < -0.3 is 4.74 Å². The lowest BCUT2D eigenvalue weighted by atomic mass is 9.94. The van der Waals surface area contributed by atoms with Gasteiger partial charge in [-0.05, 0) is 12.5 Å². The number of esters is 1. The minimum atomic E-state index is -0.634. The van der Waals surface area contributed by atoms with Crippen LogP contribution in [-0.2, 0) is 14.9 Å². The van der Waals surface area contributed by atoms with Crippen LogP contribution < -0.4 is 0 Å². The molecular formula is C11H9FO2. The van der Waals surface area contributed by atoms with Gasteiger partial charge in [0.15, 0.2) is 0 Å². The summed E-state index contributed by atoms with van der Waals surface area (Å²) in [6, 6.07) is 6.47. The number of cyclic esters (lactones) is 1. The number of carbonyl (C=O) groups is 1. The molecule has 0 amide bonds. The molecule has 3 heteroatoms. The van der Waals surface area contributed by atoms with E-state index in [1.54, 1.807) is 18.2 Å². The lowest BCUT2D eigenvalue weighted by molar-refractivity contribution is -0.142. The Kier molecular flexibility index (Phi) is 1.34. The fourth-order valence-electron chi connectivity index (χ4n) is 2.35. The first-order valence-corrected chi connectivity index (χ1v) is 4.67. The maximum Gasteiger partial charge on any atom is 0.317 e. The largest absolute Gasteiger partial charge is 0.465 e. The van der Waals surface area contributed by atoms with Crippen molar-refractivity contribution >= 4 is 5.97 Å². The Balaban J connectivity index is 2.12. The first-order valence-electron chi connectivity index (χ1n) is 4.67. The molecule has 2 atom stereocenters. The number of rotatable bonds is 1. The zero-order chi connectivity index (χ0) is 9.76. The predicted molar refractivity (Wildman–Crippen MR) is 47.1 cm³/mol. The molecule has 2 fully saturated rings. The van der Waals surface area contributed by atoms with E-state index in [4.69, 9.17) is 4.74 Å². The van der Waals surface area contributed by atoms with Crippen LogP contribution in [0.4, 0.5) is 4.39 Å². The van der Waals surface area contributed by atoms with Crippen molar-refractivity contribution in [1.82, 2.24) is 0 Å². The highest BCUT2D eigenvalue weighted by Crippen LogP contribution is 2.59. The molecule has 0 unspecified atom stereocenters. The molecule has 2 aliphatic rings. The Morgan fingerprint density at radius 2 is 2.21 bits per heavy atom. The van der Waals surface area contributed by atoms with Crippen LogP contribution in [0.1, 0.15) is 12.0 Å². The van der Waals surface area contributed by atoms with Crippen molar-refractivity contribution in [3.63, 3.8) is 0 Å². The van der Waals surface area contributed by atoms with Gasteiger partial charge in [0, 0.05) is 11.5 Å². The Labute approximate surface area is 80.7 Å². The first kappa shape index (κ1) is 7.97. The van der Waals surface area contributed by atoms with Crippen LogP contribution in [-0.4, -0.2) is 12.6 Å². The molecule has 1 saturated heterocycles. The number of carbonyl (C=O) groups excluding carboxylic acids is 1. The van der Waals surface area contributed by atoms with Gasteiger partial charge in [-0.3, -0.25) is 4.79 Å². The highest BCUT2D eigenvalue weighted by atomic mass is 19.1. The molecule has 1 heterocycles. The Bertz CT molecular complexity index is 416. The summed E-state index contributed by atoms with van der Waals surface area (Å²) in [4.78, 5) is 11.5. The monoisotopic (exact) mass is 192 g/mol. The molecule has 72 valence electrons. The summed E-state index contributed by atoms with van der Waals surface area (Å²) in [5.41, 5.74) is -0.127. The molecule has 1 aliphatic carbocycles. The van der Waals surface area contributed by atoms with Gasteiger partial charge in [-0.1, -0.05) is 18.2 Å². The van der Waals surface area contributed by atoms with Crippen molar-refractivity contribution in [3.05, 3.63) is 35.6 Å². The van der Waals surface area contributed by atoms with Crippen molar-refractivity contribution in [2.24, 2.45) is 5.92 Å². The van der Waals surface area contributed by atoms with Gasteiger partial charge in [0.2, 0.25) is 0 Å². The topological polar surface area (TPSA) is 26.3 Å². The van der Waals surface area contributed by atoms with Crippen molar-refractivity contribution in [3.8, 4) is 0 Å². The summed E-state index contributed by atoms with van der Waals surface area (Å²) in [5, 5.41) is 0. The van der Waals surface area contributed by atoms with E-state index < -0.39 is 5.41 Å². The van der Waals surface area contributed by atoms with Crippen LogP contribution >= 0.6 is 0 Å². The molecule has 2 nitrogen and oxygen atoms in total. The van der Waals surface area contributed by atoms with Gasteiger partial charge in [0.25, 0.3) is 0 Å². The molecule has 1 aliphatic heterocycles. The van der Waals surface area contributed by atoms with Crippen LogP contribution in [0.3, 0.4) is 0 Å². The van der Waals surface area contributed by atoms with Crippen LogP contribution in [0, 0.1) is 11.7 Å². The fraction of sp³-hybridized carbons (Fsp3) is 0.364. The highest BCUT2D eigenvalue weighted by Gasteiger charge is 2.67. The Morgan fingerprint density at radius 3 is 2.79 bits per heavy atom. The van der Waals surface area contributed by atoms with E-state index in [9.17, 15) is 9.18 Å². The molecule has 0 spiro atoms. The number of benzene rings is 1. The lowest BCUT2D eigenvalue weighted by Gasteiger charge is -2.09. The van der Waals surface area contributed by atoms with Crippen molar-refractivity contribution < 1.29 is 13.9 Å². The minimum absolute atomic E-state index is 0.201. The van der Waals surface area contributed by atoms with E-state index >= 15 is 0 Å². The number of hydrogen-bond donors (Lipinski definition) is 0. The molecule has 0 radical (unpaired) electrons. The Hall–Kier alpha value is -1.38. The molecule has 0 N–H and O–H groups in total. The molecule has 14 heavy (non-hydrogen) atoms. The molecule has 1 aromatic carbocycles. The normalized spacial score (nSPS) is 33.8. The van der Waals surface area contributed by atoms with Crippen molar-refractivity contribution in [1.29, 1.82) is 0 Å². The van der Waals surface area contributed by atoms with Crippen LogP contribution in [0.15, 0.2) is 24.3 Å². The number of fused-ring (bicyclic) bond motifs is 1. The third kappa shape index (κ3) is 0.775. The standard InChI is InChI=1S/C11H9FO2/c12-9-4-2-1-3-8(9)11-5-7(11)6-14-10(11)13/h1-4,7H,5-6H2/t7-,11-/m0/s1. The average molecular weight is 192 g/mol. The smallest absolute Gasteiger partial charge is 0.317 e. The van der Waals surface area contributed by atoms with E-state index in [1.165, 1.54) is 6.07 Å². The summed E-state index contributed by atoms with van der Waals surface area (Å²) >= 11 is 0. The molecule has 3 rings (SSSR count). The van der Waals surface area contributed by atoms with Crippen molar-refractivity contribution in [2.75, 3.05) is 6.61 Å². The van der Waals surface area contributed by atoms with Gasteiger partial charge in [-0.25, -0.2) is 4.39 Å². The van der Waals surface area contributed by atoms with E-state index in [2.05, 4.69) is 0 Å². The van der Waals surface area contributed by atoms with E-state index in [-0.39, 0.29) is 17.7 Å². The minimum Gasteiger partial charge on any atom is -0.465 e. The van der Waals surface area contributed by atoms with E-state index in [0.717, 1.165) is 6.42 Å². The van der Waals surface area contributed by atoms with Crippen LogP contribution in [0.25, 0.3) is 0 Å². The van der Waals surface area contributed by atoms with Crippen molar-refractivity contribution in [2.45, 2.75) is 11.8 Å². The second-order valence-electron chi connectivity index (χ2n) is 3.95. The number of ether oxygens (including phenoxy) is 1. The second-order valence-corrected chi connectivity index (χ2v) is 3.95. The average Bonchev–Trinajstić information content (AvgIpc) is 2.83. The summed E-state index contributed by atoms with van der Waals surface area (Å²) in [6.45, 7) is 0.452. The Morgan fingerprint density at radius 1 is 1.43 bits per heavy atom. The maximum absolute atomic E-state index is 13.5. The summed E-state index contributed by atoms with van der Waals surface area (Å²) < 4.78 is 18.4. The predicted octanol–water partition coefficient (Wildman–Crippen LogP) is 1.64. The van der Waals surface area contributed by atoms with Gasteiger partial charge >= 0.3 is 5.97 Å². The fourth-order valence-corrected chi connectivity index (χ4v) is 2.35. The lowest BCUT2D eigenvalue weighted by Crippen LogP contribution is -2.20. The van der Waals surface area contributed by atoms with Gasteiger partial charge in [-0.15, -0.1) is 0 Å². The third-order valence-corrected chi connectivity index (χ3v) is 3.24. The van der Waals surface area contributed by atoms with Gasteiger partial charge in [0.05, 0.1) is 6.61 Å². The second kappa shape index (κ2) is 2.35. The SMILES string of the molecule is O=C1OC[C@@H]2C[C@]12c1ccccc1F. The molecule has 1 aromatic rings. The van der Waals surface area contributed by atoms with E-state index in [0.29, 0.717) is 12.2 Å². The van der Waals surface area contributed by atoms with Crippen LogP contribution in [0.2, 0.25) is 0 Å². The number of halogens is 1. The zero-order valence-corrected chi connectivity index (χ0v) is 7.50. The maximum atomic E-state index is 13.5. The molecule has 0 bridgehead atoms. The summed E-state index contributed by atoms with van der Waals surface area (Å²) in [5.74, 6) is -0.353. The highest BCUT2D eigenvalue weighted by molar-refractivity contribution is 5.89. The molecule has 1 saturated carbocycles. The quantitative estimate of drug-likeness (QED) is 0.632. The zero-order valence-electron chi connectivity index (χ0n) is 7.50. The summed E-state index contributed by atoms with van der Waals surface area (Å²) in [6.07, 6.45) is 0.743. The van der Waals surface area contributed by atoms with Crippen LogP contribution in [0.5, 0.6) is 0 Å². The van der Waals surface area contributed by atoms with E-state index in [1.807, 2.05) is 0 Å². The summed E-state index contributed by atoms with van der Waals surface area (Å²) in [7, 11) is 0. The third-order valence-electron chi connectivity index (χ3n) is 3.24. The van der Waals surface area contributed by atoms with Gasteiger partial charge in [-0.2, -0.15) is 0 Å². The molecule has 0 aromatic heterocycles. The van der Waals surface area contributed by atoms with Gasteiger partial charge in [0.1, 0.15) is 11.2 Å². The first-order chi connectivity index (χ1) is 6.75.